The van der Waals surface area contributed by atoms with Crippen molar-refractivity contribution in [1.82, 2.24) is 15.2 Å². The van der Waals surface area contributed by atoms with E-state index in [2.05, 4.69) is 10.3 Å². The summed E-state index contributed by atoms with van der Waals surface area (Å²) in [7, 11) is 0. The minimum atomic E-state index is -0.376. The van der Waals surface area contributed by atoms with Gasteiger partial charge in [-0.2, -0.15) is 0 Å². The molecule has 1 N–H and O–H groups in total. The number of aromatic nitrogens is 1. The van der Waals surface area contributed by atoms with E-state index in [1.807, 2.05) is 25.1 Å². The SMILES string of the molecule is C[C@@H](NC(=O)[C@H]1CC(=O)N(Cc2ccccn2)C1)c1ccc(F)cc1. The molecular formula is C19H20FN3O2. The monoisotopic (exact) mass is 341 g/mol. The molecule has 2 amide bonds. The molecule has 5 nitrogen and oxygen atoms in total. The quantitative estimate of drug-likeness (QED) is 0.909. The Hall–Kier alpha value is -2.76. The Morgan fingerprint density at radius 1 is 1.32 bits per heavy atom. The van der Waals surface area contributed by atoms with Gasteiger partial charge in [0.05, 0.1) is 24.2 Å². The molecule has 1 aromatic carbocycles. The number of rotatable bonds is 5. The Bertz CT molecular complexity index is 749. The van der Waals surface area contributed by atoms with Gasteiger partial charge < -0.3 is 10.2 Å². The van der Waals surface area contributed by atoms with E-state index in [9.17, 15) is 14.0 Å². The first-order valence-corrected chi connectivity index (χ1v) is 8.26. The van der Waals surface area contributed by atoms with Gasteiger partial charge in [0.25, 0.3) is 0 Å². The third-order valence-electron chi connectivity index (χ3n) is 4.39. The number of carbonyl (C=O) groups is 2. The van der Waals surface area contributed by atoms with Crippen LogP contribution in [0.2, 0.25) is 0 Å². The van der Waals surface area contributed by atoms with Crippen molar-refractivity contribution < 1.29 is 14.0 Å². The van der Waals surface area contributed by atoms with Crippen molar-refractivity contribution in [2.24, 2.45) is 5.92 Å². The van der Waals surface area contributed by atoms with Gasteiger partial charge in [-0.3, -0.25) is 14.6 Å². The Kier molecular flexibility index (Phi) is 5.07. The minimum absolute atomic E-state index is 0.0414. The molecule has 1 aliphatic rings. The predicted molar refractivity (Wildman–Crippen MR) is 90.7 cm³/mol. The van der Waals surface area contributed by atoms with E-state index >= 15 is 0 Å². The largest absolute Gasteiger partial charge is 0.349 e. The Morgan fingerprint density at radius 2 is 2.08 bits per heavy atom. The van der Waals surface area contributed by atoms with Crippen molar-refractivity contribution in [1.29, 1.82) is 0 Å². The molecule has 6 heteroatoms. The third kappa shape index (κ3) is 4.21. The van der Waals surface area contributed by atoms with Gasteiger partial charge in [0.15, 0.2) is 0 Å². The highest BCUT2D eigenvalue weighted by Gasteiger charge is 2.34. The molecule has 1 aromatic heterocycles. The van der Waals surface area contributed by atoms with Crippen LogP contribution in [-0.2, 0) is 16.1 Å². The number of nitrogens with one attached hydrogen (secondary N) is 1. The van der Waals surface area contributed by atoms with Gasteiger partial charge in [0.2, 0.25) is 11.8 Å². The number of hydrogen-bond donors (Lipinski definition) is 1. The lowest BCUT2D eigenvalue weighted by Crippen LogP contribution is -2.34. The summed E-state index contributed by atoms with van der Waals surface area (Å²) in [5, 5.41) is 2.91. The lowest BCUT2D eigenvalue weighted by Gasteiger charge is -2.18. The maximum absolute atomic E-state index is 13.0. The Balaban J connectivity index is 1.58. The average Bonchev–Trinajstić information content (AvgIpc) is 2.97. The van der Waals surface area contributed by atoms with Crippen LogP contribution in [0.15, 0.2) is 48.7 Å². The predicted octanol–water partition coefficient (Wildman–Crippen LogP) is 2.45. The number of likely N-dealkylation sites (tertiary alicyclic amines) is 1. The molecular weight excluding hydrogens is 321 g/mol. The summed E-state index contributed by atoms with van der Waals surface area (Å²) in [5.41, 5.74) is 1.63. The molecule has 1 saturated heterocycles. The molecule has 2 aromatic rings. The summed E-state index contributed by atoms with van der Waals surface area (Å²) in [4.78, 5) is 30.5. The van der Waals surface area contributed by atoms with Crippen molar-refractivity contribution in [2.75, 3.05) is 6.54 Å². The highest BCUT2D eigenvalue weighted by molar-refractivity contribution is 5.89. The van der Waals surface area contributed by atoms with Crippen molar-refractivity contribution >= 4 is 11.8 Å². The Morgan fingerprint density at radius 3 is 2.76 bits per heavy atom. The van der Waals surface area contributed by atoms with E-state index in [0.29, 0.717) is 13.1 Å². The summed E-state index contributed by atoms with van der Waals surface area (Å²) in [5.74, 6) is -0.887. The molecule has 0 saturated carbocycles. The molecule has 2 atom stereocenters. The van der Waals surface area contributed by atoms with Gasteiger partial charge in [-0.05, 0) is 36.8 Å². The van der Waals surface area contributed by atoms with E-state index in [4.69, 9.17) is 0 Å². The van der Waals surface area contributed by atoms with Crippen LogP contribution < -0.4 is 5.32 Å². The summed E-state index contributed by atoms with van der Waals surface area (Å²) < 4.78 is 13.0. The second-order valence-electron chi connectivity index (χ2n) is 6.28. The summed E-state index contributed by atoms with van der Waals surface area (Å²) >= 11 is 0. The van der Waals surface area contributed by atoms with Crippen LogP contribution in [0.25, 0.3) is 0 Å². The van der Waals surface area contributed by atoms with Gasteiger partial charge in [0, 0.05) is 19.2 Å². The second-order valence-corrected chi connectivity index (χ2v) is 6.28. The van der Waals surface area contributed by atoms with E-state index in [1.54, 1.807) is 23.2 Å². The number of halogens is 1. The molecule has 1 fully saturated rings. The average molecular weight is 341 g/mol. The molecule has 3 rings (SSSR count). The van der Waals surface area contributed by atoms with Crippen LogP contribution >= 0.6 is 0 Å². The second kappa shape index (κ2) is 7.42. The molecule has 0 unspecified atom stereocenters. The van der Waals surface area contributed by atoms with Crippen LogP contribution in [0, 0.1) is 11.7 Å². The maximum atomic E-state index is 13.0. The smallest absolute Gasteiger partial charge is 0.225 e. The lowest BCUT2D eigenvalue weighted by atomic mass is 10.0. The lowest BCUT2D eigenvalue weighted by molar-refractivity contribution is -0.129. The van der Waals surface area contributed by atoms with Gasteiger partial charge in [-0.15, -0.1) is 0 Å². The molecule has 0 radical (unpaired) electrons. The summed E-state index contributed by atoms with van der Waals surface area (Å²) in [6.07, 6.45) is 1.89. The maximum Gasteiger partial charge on any atom is 0.225 e. The van der Waals surface area contributed by atoms with Crippen LogP contribution in [0.4, 0.5) is 4.39 Å². The van der Waals surface area contributed by atoms with E-state index < -0.39 is 0 Å². The topological polar surface area (TPSA) is 62.3 Å². The fourth-order valence-corrected chi connectivity index (χ4v) is 2.95. The van der Waals surface area contributed by atoms with E-state index in [-0.39, 0.29) is 36.0 Å². The molecule has 2 heterocycles. The Labute approximate surface area is 145 Å². The van der Waals surface area contributed by atoms with Crippen LogP contribution in [0.3, 0.4) is 0 Å². The van der Waals surface area contributed by atoms with Gasteiger partial charge in [0.1, 0.15) is 5.82 Å². The molecule has 0 aliphatic carbocycles. The number of amides is 2. The number of hydrogen-bond acceptors (Lipinski definition) is 3. The molecule has 0 spiro atoms. The zero-order valence-electron chi connectivity index (χ0n) is 14.0. The standard InChI is InChI=1S/C19H20FN3O2/c1-13(14-5-7-16(20)8-6-14)22-19(25)15-10-18(24)23(11-15)12-17-4-2-3-9-21-17/h2-9,13,15H,10-12H2,1H3,(H,22,25)/t13-,15+/m1/s1. The summed E-state index contributed by atoms with van der Waals surface area (Å²) in [6.45, 7) is 2.64. The van der Waals surface area contributed by atoms with Crippen LogP contribution in [0.1, 0.15) is 30.6 Å². The van der Waals surface area contributed by atoms with Crippen molar-refractivity contribution in [3.8, 4) is 0 Å². The molecule has 1 aliphatic heterocycles. The zero-order valence-corrected chi connectivity index (χ0v) is 14.0. The number of pyridine rings is 1. The zero-order chi connectivity index (χ0) is 17.8. The molecule has 0 bridgehead atoms. The van der Waals surface area contributed by atoms with Crippen molar-refractivity contribution in [3.05, 3.63) is 65.7 Å². The first-order chi connectivity index (χ1) is 12.0. The van der Waals surface area contributed by atoms with Crippen LogP contribution in [0.5, 0.6) is 0 Å². The minimum Gasteiger partial charge on any atom is -0.349 e. The third-order valence-corrected chi connectivity index (χ3v) is 4.39. The highest BCUT2D eigenvalue weighted by Crippen LogP contribution is 2.21. The van der Waals surface area contributed by atoms with Gasteiger partial charge in [-0.25, -0.2) is 4.39 Å². The number of benzene rings is 1. The highest BCUT2D eigenvalue weighted by atomic mass is 19.1. The fraction of sp³-hybridized carbons (Fsp3) is 0.316. The number of carbonyl (C=O) groups excluding carboxylic acids is 2. The summed E-state index contributed by atoms with van der Waals surface area (Å²) in [6, 6.07) is 11.3. The normalized spacial score (nSPS) is 18.2. The fourth-order valence-electron chi connectivity index (χ4n) is 2.95. The van der Waals surface area contributed by atoms with Gasteiger partial charge >= 0.3 is 0 Å². The number of nitrogens with zero attached hydrogens (tertiary/aromatic N) is 2. The van der Waals surface area contributed by atoms with Crippen LogP contribution in [-0.4, -0.2) is 28.2 Å². The van der Waals surface area contributed by atoms with Crippen molar-refractivity contribution in [3.63, 3.8) is 0 Å². The van der Waals surface area contributed by atoms with E-state index in [0.717, 1.165) is 11.3 Å². The van der Waals surface area contributed by atoms with Gasteiger partial charge in [-0.1, -0.05) is 18.2 Å². The molecule has 130 valence electrons. The first kappa shape index (κ1) is 17.1. The first-order valence-electron chi connectivity index (χ1n) is 8.26. The molecule has 25 heavy (non-hydrogen) atoms. The van der Waals surface area contributed by atoms with E-state index in [1.165, 1.54) is 12.1 Å². The van der Waals surface area contributed by atoms with Crippen molar-refractivity contribution in [2.45, 2.75) is 25.9 Å².